The van der Waals surface area contributed by atoms with Crippen LogP contribution in [0.5, 0.6) is 0 Å². The summed E-state index contributed by atoms with van der Waals surface area (Å²) in [5.74, 6) is -4.61. The Morgan fingerprint density at radius 3 is 2.24 bits per heavy atom. The van der Waals surface area contributed by atoms with Crippen molar-refractivity contribution in [3.8, 4) is 0 Å². The highest BCUT2D eigenvalue weighted by atomic mass is 16.6. The van der Waals surface area contributed by atoms with Gasteiger partial charge in [-0.15, -0.1) is 0 Å². The van der Waals surface area contributed by atoms with Gasteiger partial charge in [-0.05, 0) is 41.0 Å². The second-order valence-electron chi connectivity index (χ2n) is 10.9. The molecule has 5 N–H and O–H groups in total. The monoisotopic (exact) mass is 511 g/mol. The van der Waals surface area contributed by atoms with Gasteiger partial charge in [0, 0.05) is 0 Å². The van der Waals surface area contributed by atoms with Gasteiger partial charge in [0.15, 0.2) is 6.10 Å². The SMILES string of the molecule is CC(C)(C)[C@H](NC(=O)[C@H](Cc1ccc2ccccc2c1)[C@H](OC(=O)C1CCCCC1)C(=O)NO)C(N)=O. The Bertz CT molecular complexity index is 1140. The predicted octanol–water partition coefficient (Wildman–Crippen LogP) is 3.01. The fourth-order valence-corrected chi connectivity index (χ4v) is 4.86. The highest BCUT2D eigenvalue weighted by molar-refractivity contribution is 5.93. The minimum absolute atomic E-state index is 0.0162. The van der Waals surface area contributed by atoms with Gasteiger partial charge >= 0.3 is 5.97 Å². The van der Waals surface area contributed by atoms with Crippen molar-refractivity contribution in [2.75, 3.05) is 0 Å². The summed E-state index contributed by atoms with van der Waals surface area (Å²) >= 11 is 0. The average molecular weight is 512 g/mol. The number of esters is 1. The minimum Gasteiger partial charge on any atom is -0.451 e. The van der Waals surface area contributed by atoms with E-state index in [1.165, 1.54) is 0 Å². The molecule has 3 atom stereocenters. The number of rotatable bonds is 9. The van der Waals surface area contributed by atoms with Crippen molar-refractivity contribution >= 4 is 34.5 Å². The molecule has 0 radical (unpaired) electrons. The Balaban J connectivity index is 1.97. The van der Waals surface area contributed by atoms with Gasteiger partial charge in [-0.2, -0.15) is 0 Å². The molecular weight excluding hydrogens is 474 g/mol. The molecule has 2 aromatic carbocycles. The molecule has 0 bridgehead atoms. The van der Waals surface area contributed by atoms with E-state index in [4.69, 9.17) is 10.5 Å². The molecule has 1 aliphatic carbocycles. The lowest BCUT2D eigenvalue weighted by Crippen LogP contribution is -2.56. The number of hydrogen-bond acceptors (Lipinski definition) is 6. The summed E-state index contributed by atoms with van der Waals surface area (Å²) in [5, 5.41) is 14.1. The van der Waals surface area contributed by atoms with Gasteiger partial charge in [0.2, 0.25) is 11.8 Å². The maximum Gasteiger partial charge on any atom is 0.309 e. The van der Waals surface area contributed by atoms with Gasteiger partial charge in [0.25, 0.3) is 5.91 Å². The third-order valence-electron chi connectivity index (χ3n) is 6.96. The van der Waals surface area contributed by atoms with E-state index in [0.29, 0.717) is 12.8 Å². The molecule has 1 saturated carbocycles. The second kappa shape index (κ2) is 12.2. The van der Waals surface area contributed by atoms with E-state index in [-0.39, 0.29) is 12.3 Å². The van der Waals surface area contributed by atoms with Gasteiger partial charge in [-0.1, -0.05) is 82.5 Å². The number of primary amides is 1. The van der Waals surface area contributed by atoms with Crippen LogP contribution in [0.1, 0.15) is 58.4 Å². The number of fused-ring (bicyclic) bond motifs is 1. The lowest BCUT2D eigenvalue weighted by atomic mass is 9.84. The maximum absolute atomic E-state index is 13.6. The third kappa shape index (κ3) is 7.29. The molecule has 0 heterocycles. The first kappa shape index (κ1) is 28.1. The van der Waals surface area contributed by atoms with Crippen LogP contribution in [-0.4, -0.2) is 41.0 Å². The standard InChI is InChI=1S/C28H37N3O6/c1-28(2,3)23(24(29)32)30-25(33)21(16-17-13-14-18-9-7-8-12-20(18)15-17)22(26(34)31-36)37-27(35)19-10-5-4-6-11-19/h7-9,12-15,19,21-23,36H,4-6,10-11,16H2,1-3H3,(H2,29,32)(H,30,33)(H,31,34)/t21-,22+,23-/m1/s1. The largest absolute Gasteiger partial charge is 0.451 e. The number of carbonyl (C=O) groups is 4. The van der Waals surface area contributed by atoms with Gasteiger partial charge in [0.1, 0.15) is 6.04 Å². The van der Waals surface area contributed by atoms with Crippen LogP contribution in [0.3, 0.4) is 0 Å². The quantitative estimate of drug-likeness (QED) is 0.231. The van der Waals surface area contributed by atoms with Crippen LogP contribution in [0.15, 0.2) is 42.5 Å². The normalized spacial score (nSPS) is 16.9. The van der Waals surface area contributed by atoms with Crippen molar-refractivity contribution < 1.29 is 29.1 Å². The van der Waals surface area contributed by atoms with Crippen LogP contribution in [0.2, 0.25) is 0 Å². The number of hydrogen-bond donors (Lipinski definition) is 4. The molecule has 200 valence electrons. The maximum atomic E-state index is 13.6. The molecule has 0 aliphatic heterocycles. The molecule has 0 unspecified atom stereocenters. The summed E-state index contributed by atoms with van der Waals surface area (Å²) in [6, 6.07) is 12.3. The van der Waals surface area contributed by atoms with Crippen LogP contribution < -0.4 is 16.5 Å². The predicted molar refractivity (Wildman–Crippen MR) is 138 cm³/mol. The fourth-order valence-electron chi connectivity index (χ4n) is 4.86. The lowest BCUT2D eigenvalue weighted by Gasteiger charge is -2.32. The number of hydroxylamine groups is 1. The van der Waals surface area contributed by atoms with Crippen LogP contribution in [-0.2, 0) is 30.3 Å². The van der Waals surface area contributed by atoms with Crippen LogP contribution in [0, 0.1) is 17.3 Å². The van der Waals surface area contributed by atoms with Crippen molar-refractivity contribution in [1.82, 2.24) is 10.8 Å². The Morgan fingerprint density at radius 2 is 1.65 bits per heavy atom. The van der Waals surface area contributed by atoms with Crippen LogP contribution in [0.25, 0.3) is 10.8 Å². The average Bonchev–Trinajstić information content (AvgIpc) is 2.88. The van der Waals surface area contributed by atoms with E-state index in [9.17, 15) is 24.4 Å². The summed E-state index contributed by atoms with van der Waals surface area (Å²) < 4.78 is 5.63. The van der Waals surface area contributed by atoms with Crippen molar-refractivity contribution in [1.29, 1.82) is 0 Å². The Kier molecular flexibility index (Phi) is 9.26. The highest BCUT2D eigenvalue weighted by Crippen LogP contribution is 2.28. The van der Waals surface area contributed by atoms with Crippen molar-refractivity contribution in [2.45, 2.75) is 71.4 Å². The van der Waals surface area contributed by atoms with Crippen molar-refractivity contribution in [2.24, 2.45) is 23.0 Å². The summed E-state index contributed by atoms with van der Waals surface area (Å²) in [5.41, 5.74) is 7.12. The van der Waals surface area contributed by atoms with Gasteiger partial charge < -0.3 is 15.8 Å². The smallest absolute Gasteiger partial charge is 0.309 e. The molecule has 3 amide bonds. The zero-order valence-corrected chi connectivity index (χ0v) is 21.7. The Hall–Kier alpha value is -3.46. The molecule has 2 aromatic rings. The Labute approximate surface area is 217 Å². The minimum atomic E-state index is -1.61. The summed E-state index contributed by atoms with van der Waals surface area (Å²) in [6.45, 7) is 5.26. The van der Waals surface area contributed by atoms with E-state index in [0.717, 1.165) is 35.6 Å². The van der Waals surface area contributed by atoms with Crippen molar-refractivity contribution in [3.05, 3.63) is 48.0 Å². The second-order valence-corrected chi connectivity index (χ2v) is 10.9. The Morgan fingerprint density at radius 1 is 1.00 bits per heavy atom. The summed E-state index contributed by atoms with van der Waals surface area (Å²) in [4.78, 5) is 51.5. The van der Waals surface area contributed by atoms with Gasteiger partial charge in [-0.25, -0.2) is 5.48 Å². The molecule has 0 saturated heterocycles. The number of nitrogens with two attached hydrogens (primary N) is 1. The number of benzene rings is 2. The first-order valence-electron chi connectivity index (χ1n) is 12.7. The van der Waals surface area contributed by atoms with E-state index < -0.39 is 47.2 Å². The summed E-state index contributed by atoms with van der Waals surface area (Å²) in [7, 11) is 0. The molecule has 0 aromatic heterocycles. The van der Waals surface area contributed by atoms with E-state index in [1.54, 1.807) is 26.3 Å². The highest BCUT2D eigenvalue weighted by Gasteiger charge is 2.41. The molecule has 9 heteroatoms. The lowest BCUT2D eigenvalue weighted by molar-refractivity contribution is -0.169. The molecule has 9 nitrogen and oxygen atoms in total. The van der Waals surface area contributed by atoms with Crippen LogP contribution >= 0.6 is 0 Å². The summed E-state index contributed by atoms with van der Waals surface area (Å²) in [6.07, 6.45) is 2.47. The number of nitrogens with one attached hydrogen (secondary N) is 2. The van der Waals surface area contributed by atoms with Gasteiger partial charge in [0.05, 0.1) is 11.8 Å². The van der Waals surface area contributed by atoms with E-state index in [2.05, 4.69) is 5.32 Å². The zero-order valence-electron chi connectivity index (χ0n) is 21.7. The number of amides is 3. The molecule has 1 fully saturated rings. The molecule has 0 spiro atoms. The fraction of sp³-hybridized carbons (Fsp3) is 0.500. The molecular formula is C28H37N3O6. The zero-order chi connectivity index (χ0) is 27.2. The first-order valence-corrected chi connectivity index (χ1v) is 12.7. The molecule has 3 rings (SSSR count). The third-order valence-corrected chi connectivity index (χ3v) is 6.96. The van der Waals surface area contributed by atoms with Crippen molar-refractivity contribution in [3.63, 3.8) is 0 Å². The molecule has 1 aliphatic rings. The topological polar surface area (TPSA) is 148 Å². The molecule has 37 heavy (non-hydrogen) atoms. The van der Waals surface area contributed by atoms with Gasteiger partial charge in [-0.3, -0.25) is 24.4 Å². The van der Waals surface area contributed by atoms with E-state index >= 15 is 0 Å². The van der Waals surface area contributed by atoms with E-state index in [1.807, 2.05) is 42.5 Å². The number of ether oxygens (including phenoxy) is 1. The van der Waals surface area contributed by atoms with Crippen LogP contribution in [0.4, 0.5) is 0 Å². The first-order chi connectivity index (χ1) is 17.5. The number of carbonyl (C=O) groups excluding carboxylic acids is 4.